The number of fused-ring (bicyclic) bond motifs is 1. The minimum absolute atomic E-state index is 0.106. The molecule has 0 aliphatic carbocycles. The van der Waals surface area contributed by atoms with E-state index in [4.69, 9.17) is 19.5 Å². The maximum absolute atomic E-state index is 13.5. The van der Waals surface area contributed by atoms with E-state index in [9.17, 15) is 19.2 Å². The number of rotatable bonds is 11. The average molecular weight is 795 g/mol. The number of nitrogens with one attached hydrogen (secondary N) is 2. The Bertz CT molecular complexity index is 2190. The molecule has 12 nitrogen and oxygen atoms in total. The maximum atomic E-state index is 13.5. The Morgan fingerprint density at radius 3 is 1.62 bits per heavy atom. The van der Waals surface area contributed by atoms with E-state index >= 15 is 0 Å². The van der Waals surface area contributed by atoms with Crippen LogP contribution in [0.4, 0.5) is 9.59 Å². The van der Waals surface area contributed by atoms with Gasteiger partial charge in [-0.05, 0) is 46.2 Å². The first-order valence-electron chi connectivity index (χ1n) is 18.7. The largest absolute Gasteiger partial charge is 0.453 e. The third-order valence-corrected chi connectivity index (χ3v) is 12.9. The lowest BCUT2D eigenvalue weighted by molar-refractivity contribution is -0.134. The molecule has 4 amide bonds. The molecule has 56 heavy (non-hydrogen) atoms. The molecule has 0 spiro atoms. The summed E-state index contributed by atoms with van der Waals surface area (Å²) in [4.78, 5) is 66.4. The quantitative estimate of drug-likeness (QED) is 0.195. The number of hydrogen-bond donors (Lipinski definition) is 2. The molecule has 0 radical (unpaired) electrons. The Hall–Kier alpha value is -5.34. The molecule has 3 aromatic rings. The second-order valence-corrected chi connectivity index (χ2v) is 17.0. The highest BCUT2D eigenvalue weighted by molar-refractivity contribution is 7.30. The van der Waals surface area contributed by atoms with Crippen molar-refractivity contribution >= 4 is 78.6 Å². The summed E-state index contributed by atoms with van der Waals surface area (Å²) in [6.45, 7) is 8.53. The number of hydrogen-bond acceptors (Lipinski definition) is 10. The molecule has 7 rings (SSSR count). The van der Waals surface area contributed by atoms with Crippen LogP contribution in [-0.4, -0.2) is 96.7 Å². The van der Waals surface area contributed by atoms with Crippen molar-refractivity contribution in [3.8, 4) is 10.4 Å². The first-order chi connectivity index (χ1) is 26.9. The highest BCUT2D eigenvalue weighted by Gasteiger charge is 2.38. The molecule has 0 unspecified atom stereocenters. The molecule has 14 heteroatoms. The molecule has 4 aliphatic heterocycles. The summed E-state index contributed by atoms with van der Waals surface area (Å²) in [6.07, 6.45) is 11.8. The van der Waals surface area contributed by atoms with Gasteiger partial charge in [0, 0.05) is 68.9 Å². The van der Waals surface area contributed by atoms with Gasteiger partial charge in [0.15, 0.2) is 0 Å². The van der Waals surface area contributed by atoms with Crippen molar-refractivity contribution in [3.63, 3.8) is 0 Å². The number of aliphatic imine (C=N–C) groups is 2. The van der Waals surface area contributed by atoms with Gasteiger partial charge in [-0.25, -0.2) is 9.59 Å². The lowest BCUT2D eigenvalue weighted by atomic mass is 9.97. The molecule has 292 valence electrons. The van der Waals surface area contributed by atoms with Crippen molar-refractivity contribution in [1.82, 2.24) is 20.4 Å². The van der Waals surface area contributed by atoms with Crippen LogP contribution < -0.4 is 10.6 Å². The molecule has 0 bridgehead atoms. The highest BCUT2D eigenvalue weighted by atomic mass is 32.1. The Morgan fingerprint density at radius 1 is 0.679 bits per heavy atom. The van der Waals surface area contributed by atoms with Crippen LogP contribution in [0.5, 0.6) is 0 Å². The Morgan fingerprint density at radius 2 is 1.12 bits per heavy atom. The topological polar surface area (TPSA) is 142 Å². The minimum Gasteiger partial charge on any atom is -0.453 e. The van der Waals surface area contributed by atoms with E-state index in [0.717, 1.165) is 33.7 Å². The summed E-state index contributed by atoms with van der Waals surface area (Å²) in [6, 6.07) is 11.1. The fraction of sp³-hybridized carbons (Fsp3) is 0.381. The zero-order valence-corrected chi connectivity index (χ0v) is 33.9. The Kier molecular flexibility index (Phi) is 11.4. The van der Waals surface area contributed by atoms with Crippen molar-refractivity contribution in [2.24, 2.45) is 21.8 Å². The number of carbonyl (C=O) groups excluding carboxylic acids is 4. The number of allylic oxidation sites excluding steroid dienone is 2. The zero-order chi connectivity index (χ0) is 39.7. The number of alkyl carbamates (subject to hydrolysis) is 2. The number of thiophene rings is 2. The van der Waals surface area contributed by atoms with Crippen LogP contribution in [0.15, 0.2) is 83.1 Å². The molecule has 1 aromatic carbocycles. The van der Waals surface area contributed by atoms with Crippen LogP contribution in [0.3, 0.4) is 0 Å². The predicted molar refractivity (Wildman–Crippen MR) is 223 cm³/mol. The van der Waals surface area contributed by atoms with Crippen LogP contribution in [0.2, 0.25) is 0 Å². The van der Waals surface area contributed by atoms with E-state index in [1.54, 1.807) is 32.5 Å². The first-order valence-corrected chi connectivity index (χ1v) is 20.4. The zero-order valence-electron chi connectivity index (χ0n) is 32.3. The Balaban J connectivity index is 0.959. The van der Waals surface area contributed by atoms with Crippen LogP contribution in [0.1, 0.15) is 51.0 Å². The second-order valence-electron chi connectivity index (χ2n) is 14.9. The summed E-state index contributed by atoms with van der Waals surface area (Å²) < 4.78 is 11.9. The molecule has 4 aliphatic rings. The monoisotopic (exact) mass is 794 g/mol. The fourth-order valence-corrected chi connectivity index (χ4v) is 9.81. The van der Waals surface area contributed by atoms with Gasteiger partial charge in [0.05, 0.1) is 26.3 Å². The number of amides is 4. The number of nitrogens with zero attached hydrogens (tertiary/aromatic N) is 4. The normalized spacial score (nSPS) is 20.0. The van der Waals surface area contributed by atoms with E-state index in [1.165, 1.54) is 33.4 Å². The molecular weight excluding hydrogens is 749 g/mol. The van der Waals surface area contributed by atoms with Gasteiger partial charge in [-0.1, -0.05) is 76.3 Å². The van der Waals surface area contributed by atoms with E-state index in [-0.39, 0.29) is 35.7 Å². The van der Waals surface area contributed by atoms with E-state index in [1.807, 2.05) is 64.4 Å². The summed E-state index contributed by atoms with van der Waals surface area (Å²) in [5.41, 5.74) is 6.25. The summed E-state index contributed by atoms with van der Waals surface area (Å²) in [5.74, 6) is -0.522. The lowest BCUT2D eigenvalue weighted by Crippen LogP contribution is -2.53. The maximum Gasteiger partial charge on any atom is 0.407 e. The molecule has 6 heterocycles. The van der Waals surface area contributed by atoms with Gasteiger partial charge in [-0.3, -0.25) is 19.6 Å². The van der Waals surface area contributed by atoms with Crippen LogP contribution in [0.25, 0.3) is 31.0 Å². The average Bonchev–Trinajstić information content (AvgIpc) is 4.04. The summed E-state index contributed by atoms with van der Waals surface area (Å²) in [7, 11) is 2.58. The van der Waals surface area contributed by atoms with Crippen LogP contribution in [0, 0.1) is 11.8 Å². The second kappa shape index (κ2) is 16.4. The van der Waals surface area contributed by atoms with Gasteiger partial charge < -0.3 is 29.9 Å². The molecule has 4 atom stereocenters. The van der Waals surface area contributed by atoms with Gasteiger partial charge >= 0.3 is 12.2 Å². The molecule has 0 fully saturated rings. The predicted octanol–water partition coefficient (Wildman–Crippen LogP) is 7.30. The van der Waals surface area contributed by atoms with Crippen LogP contribution in [-0.2, 0) is 19.1 Å². The molecule has 2 N–H and O–H groups in total. The van der Waals surface area contributed by atoms with Crippen LogP contribution >= 0.6 is 22.7 Å². The first kappa shape index (κ1) is 38.9. The van der Waals surface area contributed by atoms with E-state index in [0.29, 0.717) is 25.9 Å². The number of benzene rings is 1. The molecule has 0 saturated carbocycles. The number of methoxy groups -OCH3 is 2. The van der Waals surface area contributed by atoms with Gasteiger partial charge in [0.1, 0.15) is 12.1 Å². The third kappa shape index (κ3) is 7.85. The summed E-state index contributed by atoms with van der Waals surface area (Å²) >= 11 is 3.51. The summed E-state index contributed by atoms with van der Waals surface area (Å²) in [5, 5.41) is 5.39. The van der Waals surface area contributed by atoms with Gasteiger partial charge in [-0.2, -0.15) is 0 Å². The lowest BCUT2D eigenvalue weighted by Gasteiger charge is -2.31. The van der Waals surface area contributed by atoms with Crippen molar-refractivity contribution in [2.75, 3.05) is 27.3 Å². The standard InChI is InChI=1S/C42H46N6O6S2/c1-23(2)37(45-41(51)53-5)39(49)47-15-7-9-31(47)29-17-27(21-43-29)25-11-13-26(14-12-25)33-19-35-36(55-33)20-34(56-35)28-18-30(44-22-28)32-10-8-16-48(32)40(50)38(24(3)4)46-42(52)54-6/h7-14,19-24,31-32,37-38H,15-18H2,1-6H3,(H,45,51)(H,46,52)/t31-,32-,37-,38-/m0/s1. The van der Waals surface area contributed by atoms with Gasteiger partial charge in [0.25, 0.3) is 0 Å². The molecule has 2 aromatic heterocycles. The van der Waals surface area contributed by atoms with Crippen molar-refractivity contribution in [2.45, 2.75) is 64.7 Å². The van der Waals surface area contributed by atoms with E-state index in [2.05, 4.69) is 47.0 Å². The minimum atomic E-state index is -0.695. The molecule has 0 saturated heterocycles. The fourth-order valence-electron chi connectivity index (χ4n) is 7.40. The Labute approximate surface area is 334 Å². The van der Waals surface area contributed by atoms with Crippen molar-refractivity contribution < 1.29 is 28.7 Å². The van der Waals surface area contributed by atoms with Crippen molar-refractivity contribution in [1.29, 1.82) is 0 Å². The van der Waals surface area contributed by atoms with Crippen molar-refractivity contribution in [3.05, 3.63) is 83.5 Å². The third-order valence-electron chi connectivity index (χ3n) is 10.5. The number of carbonyl (C=O) groups is 4. The number of ether oxygens (including phenoxy) is 2. The molecular formula is C42H46N6O6S2. The van der Waals surface area contributed by atoms with E-state index < -0.39 is 24.3 Å². The smallest absolute Gasteiger partial charge is 0.407 e. The highest BCUT2D eigenvalue weighted by Crippen LogP contribution is 2.42. The van der Waals surface area contributed by atoms with Gasteiger partial charge in [0.2, 0.25) is 11.8 Å². The SMILES string of the molecule is COC(=O)N[C@H](C(=O)N1CC=C[C@H]1C1=NC=C(c2ccc(-c3cc4sc(C5=CN=C([C@@H]6C=CCN6C(=O)[C@@H](NC(=O)OC)C(C)C)C5)cc4s3)cc2)C1)C(C)C. The van der Waals surface area contributed by atoms with Gasteiger partial charge in [-0.15, -0.1) is 22.7 Å².